The molecule has 0 aromatic rings. The predicted octanol–water partition coefficient (Wildman–Crippen LogP) is 6.92. The number of esters is 1. The number of unbranched alkanes of at least 4 members (excludes halogenated alkanes) is 1. The first-order chi connectivity index (χ1) is 25.7. The maximum Gasteiger partial charge on any atom is 0.407 e. The number of nitrogens with one attached hydrogen (secondary N) is 3. The maximum atomic E-state index is 14.0. The third-order valence-corrected chi connectivity index (χ3v) is 15.5. The first kappa shape index (κ1) is 51.0. The van der Waals surface area contributed by atoms with Crippen molar-refractivity contribution in [1.29, 1.82) is 0 Å². The fourth-order valence-corrected chi connectivity index (χ4v) is 7.70. The lowest BCUT2D eigenvalue weighted by Crippen LogP contribution is -2.57. The second-order valence-corrected chi connectivity index (χ2v) is 23.7. The average Bonchev–Trinajstić information content (AvgIpc) is 3.56. The Morgan fingerprint density at radius 3 is 1.98 bits per heavy atom. The van der Waals surface area contributed by atoms with Crippen molar-refractivity contribution in [3.63, 3.8) is 0 Å². The summed E-state index contributed by atoms with van der Waals surface area (Å²) in [4.78, 5) is 83.1. The minimum atomic E-state index is -2.48. The molecule has 0 saturated carbocycles. The summed E-state index contributed by atoms with van der Waals surface area (Å²) in [6.45, 7) is 31.4. The second kappa shape index (κ2) is 22.2. The summed E-state index contributed by atoms with van der Waals surface area (Å²) >= 11 is 0. The molecular formula is C42H78N4O9Si. The Kier molecular flexibility index (Phi) is 20.3. The van der Waals surface area contributed by atoms with E-state index in [0.717, 1.165) is 12.8 Å². The summed E-state index contributed by atoms with van der Waals surface area (Å²) in [5, 5.41) is 8.52. The van der Waals surface area contributed by atoms with Crippen LogP contribution in [-0.4, -0.2) is 97.8 Å². The maximum absolute atomic E-state index is 14.0. The van der Waals surface area contributed by atoms with Gasteiger partial charge in [-0.1, -0.05) is 82.1 Å². The number of likely N-dealkylation sites (tertiary alicyclic amines) is 1. The van der Waals surface area contributed by atoms with E-state index in [1.807, 2.05) is 34.6 Å². The van der Waals surface area contributed by atoms with Gasteiger partial charge in [0, 0.05) is 6.54 Å². The van der Waals surface area contributed by atoms with E-state index >= 15 is 0 Å². The number of alkyl carbamates (subject to hydrolysis) is 1. The molecule has 4 amide bonds. The van der Waals surface area contributed by atoms with Gasteiger partial charge < -0.3 is 34.8 Å². The number of hydrogen-bond acceptors (Lipinski definition) is 9. The number of Topliss-reactive ketones (excluding diaryl/α,β-unsaturated/α-hetero) is 1. The fourth-order valence-electron chi connectivity index (χ4n) is 6.35. The Hall–Kier alpha value is -3.00. The first-order valence-corrected chi connectivity index (χ1v) is 23.9. The Morgan fingerprint density at radius 1 is 0.875 bits per heavy atom. The molecule has 7 atom stereocenters. The lowest BCUT2D eigenvalue weighted by molar-refractivity contribution is -0.154. The van der Waals surface area contributed by atoms with E-state index in [4.69, 9.17) is 13.9 Å². The zero-order valence-electron chi connectivity index (χ0n) is 37.7. The number of hydrogen-bond donors (Lipinski definition) is 3. The predicted molar refractivity (Wildman–Crippen MR) is 222 cm³/mol. The van der Waals surface area contributed by atoms with Crippen molar-refractivity contribution in [2.45, 2.75) is 196 Å². The van der Waals surface area contributed by atoms with Gasteiger partial charge in [-0.05, 0) is 89.3 Å². The Labute approximate surface area is 339 Å². The zero-order valence-corrected chi connectivity index (χ0v) is 38.7. The van der Waals surface area contributed by atoms with Gasteiger partial charge >= 0.3 is 12.1 Å². The van der Waals surface area contributed by atoms with E-state index < -0.39 is 79.8 Å². The van der Waals surface area contributed by atoms with Gasteiger partial charge in [0.15, 0.2) is 14.1 Å². The Morgan fingerprint density at radius 2 is 1.48 bits per heavy atom. The first-order valence-electron chi connectivity index (χ1n) is 20.9. The van der Waals surface area contributed by atoms with Crippen LogP contribution in [0.15, 0.2) is 0 Å². The molecule has 0 spiro atoms. The van der Waals surface area contributed by atoms with E-state index in [0.29, 0.717) is 38.8 Å². The van der Waals surface area contributed by atoms with Gasteiger partial charge in [-0.15, -0.1) is 0 Å². The molecule has 0 aromatic carbocycles. The van der Waals surface area contributed by atoms with Crippen LogP contribution in [0.4, 0.5) is 4.79 Å². The van der Waals surface area contributed by atoms with Gasteiger partial charge in [-0.2, -0.15) is 0 Å². The van der Waals surface area contributed by atoms with E-state index in [-0.39, 0.29) is 35.1 Å². The normalized spacial score (nSPS) is 18.4. The zero-order chi connectivity index (χ0) is 43.3. The molecule has 0 radical (unpaired) electrons. The van der Waals surface area contributed by atoms with Gasteiger partial charge in [0.2, 0.25) is 17.7 Å². The molecular weight excluding hydrogens is 733 g/mol. The molecule has 1 heterocycles. The summed E-state index contributed by atoms with van der Waals surface area (Å²) in [5.41, 5.74) is -0.730. The summed E-state index contributed by atoms with van der Waals surface area (Å²) in [6.07, 6.45) is 2.26. The number of nitrogens with zero attached hydrogens (tertiary/aromatic N) is 1. The molecule has 13 nitrogen and oxygen atoms in total. The highest BCUT2D eigenvalue weighted by Gasteiger charge is 2.44. The summed E-state index contributed by atoms with van der Waals surface area (Å²) in [6, 6.07) is -3.25. The molecule has 1 saturated heterocycles. The minimum absolute atomic E-state index is 0.0288. The van der Waals surface area contributed by atoms with Crippen LogP contribution in [0.25, 0.3) is 0 Å². The molecule has 324 valence electrons. The molecule has 14 heteroatoms. The van der Waals surface area contributed by atoms with E-state index in [9.17, 15) is 28.8 Å². The van der Waals surface area contributed by atoms with Crippen molar-refractivity contribution < 1.29 is 42.7 Å². The van der Waals surface area contributed by atoms with Crippen molar-refractivity contribution in [3.8, 4) is 0 Å². The van der Waals surface area contributed by atoms with E-state index in [1.165, 1.54) is 11.8 Å². The summed E-state index contributed by atoms with van der Waals surface area (Å²) in [5.74, 6) is -4.01. The SMILES string of the molecule is CCCCOC(=O)[C@@H]1CCCN1C(=O)[C@H](CC(C)C)NC(=O)C(C)C(=O)[C@@H](NC(=O)C[C@H](O[Si](C)(C)C(C)(C)C)[C@H](NC(=O)OC(C)(C)C)[C@@H](C)CC)C(C)C. The van der Waals surface area contributed by atoms with Crippen molar-refractivity contribution in [3.05, 3.63) is 0 Å². The third kappa shape index (κ3) is 16.1. The van der Waals surface area contributed by atoms with Crippen LogP contribution < -0.4 is 16.0 Å². The fraction of sp³-hybridized carbons (Fsp3) is 0.857. The Bertz CT molecular complexity index is 1320. The van der Waals surface area contributed by atoms with Crippen LogP contribution in [0, 0.1) is 23.7 Å². The van der Waals surface area contributed by atoms with Crippen LogP contribution in [0.5, 0.6) is 0 Å². The molecule has 1 unspecified atom stereocenters. The summed E-state index contributed by atoms with van der Waals surface area (Å²) in [7, 11) is -2.48. The highest BCUT2D eigenvalue weighted by Crippen LogP contribution is 2.38. The topological polar surface area (TPSA) is 169 Å². The lowest BCUT2D eigenvalue weighted by Gasteiger charge is -2.43. The number of carbonyl (C=O) groups is 6. The van der Waals surface area contributed by atoms with Crippen molar-refractivity contribution in [2.75, 3.05) is 13.2 Å². The standard InChI is InChI=1S/C42H78N4O9Si/c1-17-19-23-53-39(51)31-21-20-22-46(31)38(50)30(24-26(3)4)43-37(49)29(8)36(48)34(27(5)6)44-33(47)25-32(55-56(15,16)42(12,13)14)35(28(7)18-2)45-40(52)54-41(9,10)11/h26-32,34-35H,17-25H2,1-16H3,(H,43,49)(H,44,47)(H,45,52)/t28-,29?,30-,31-,32-,34-,35+/m0/s1. The van der Waals surface area contributed by atoms with Crippen LogP contribution in [0.1, 0.15) is 142 Å². The Balaban J connectivity index is 3.32. The van der Waals surface area contributed by atoms with Crippen LogP contribution >= 0.6 is 0 Å². The van der Waals surface area contributed by atoms with Crippen LogP contribution in [0.2, 0.25) is 18.1 Å². The van der Waals surface area contributed by atoms with Crippen molar-refractivity contribution in [1.82, 2.24) is 20.9 Å². The number of ether oxygens (including phenoxy) is 2. The average molecular weight is 811 g/mol. The van der Waals surface area contributed by atoms with Gasteiger partial charge in [-0.3, -0.25) is 19.2 Å². The van der Waals surface area contributed by atoms with Gasteiger partial charge in [0.25, 0.3) is 0 Å². The second-order valence-electron chi connectivity index (χ2n) is 19.0. The largest absolute Gasteiger partial charge is 0.464 e. The molecule has 1 aliphatic heterocycles. The van der Waals surface area contributed by atoms with E-state index in [2.05, 4.69) is 49.8 Å². The smallest absolute Gasteiger partial charge is 0.407 e. The van der Waals surface area contributed by atoms with Crippen LogP contribution in [0.3, 0.4) is 0 Å². The quantitative estimate of drug-likeness (QED) is 0.0482. The highest BCUT2D eigenvalue weighted by molar-refractivity contribution is 6.74. The molecule has 0 aromatic heterocycles. The number of amides is 4. The van der Waals surface area contributed by atoms with Crippen molar-refractivity contribution in [2.24, 2.45) is 23.7 Å². The lowest BCUT2D eigenvalue weighted by atomic mass is 9.90. The van der Waals surface area contributed by atoms with Gasteiger partial charge in [-0.25, -0.2) is 9.59 Å². The minimum Gasteiger partial charge on any atom is -0.464 e. The number of rotatable bonds is 21. The number of carbonyl (C=O) groups excluding carboxylic acids is 6. The molecule has 1 fully saturated rings. The van der Waals surface area contributed by atoms with Crippen LogP contribution in [-0.2, 0) is 37.9 Å². The molecule has 0 bridgehead atoms. The number of ketones is 1. The molecule has 1 aliphatic rings. The molecule has 0 aliphatic carbocycles. The van der Waals surface area contributed by atoms with Crippen molar-refractivity contribution >= 4 is 43.9 Å². The third-order valence-electron chi connectivity index (χ3n) is 11.0. The summed E-state index contributed by atoms with van der Waals surface area (Å²) < 4.78 is 17.9. The molecule has 1 rings (SSSR count). The van der Waals surface area contributed by atoms with Gasteiger partial charge in [0.1, 0.15) is 17.7 Å². The van der Waals surface area contributed by atoms with Gasteiger partial charge in [0.05, 0.1) is 37.1 Å². The van der Waals surface area contributed by atoms with E-state index in [1.54, 1.807) is 34.6 Å². The molecule has 56 heavy (non-hydrogen) atoms. The highest BCUT2D eigenvalue weighted by atomic mass is 28.4. The molecule has 3 N–H and O–H groups in total. The monoisotopic (exact) mass is 811 g/mol.